The summed E-state index contributed by atoms with van der Waals surface area (Å²) in [5.74, 6) is -0.752. The quantitative estimate of drug-likeness (QED) is 0.647. The lowest BCUT2D eigenvalue weighted by Crippen LogP contribution is -2.36. The van der Waals surface area contributed by atoms with Gasteiger partial charge in [-0.25, -0.2) is 9.36 Å². The molecule has 0 aliphatic heterocycles. The standard InChI is InChI=1S/C12H7ClF4N2O4S/c1-23-7(21)2-4-8(13)9(10(14)24-4)19-6(20)3-5(12(15,16)17)18-11(19)22/h3H,2H2,1H3,(H,18,22). The van der Waals surface area contributed by atoms with Gasteiger partial charge in [0, 0.05) is 10.9 Å². The van der Waals surface area contributed by atoms with E-state index in [1.807, 2.05) is 0 Å². The molecule has 0 aliphatic carbocycles. The molecule has 0 fully saturated rings. The van der Waals surface area contributed by atoms with Crippen LogP contribution in [0.3, 0.4) is 0 Å². The molecule has 2 aromatic heterocycles. The lowest BCUT2D eigenvalue weighted by molar-refractivity contribution is -0.141. The van der Waals surface area contributed by atoms with Gasteiger partial charge in [0.25, 0.3) is 5.56 Å². The fraction of sp³-hybridized carbons (Fsp3) is 0.250. The second-order valence-corrected chi connectivity index (χ2v) is 5.81. The van der Waals surface area contributed by atoms with Gasteiger partial charge in [0.1, 0.15) is 11.4 Å². The van der Waals surface area contributed by atoms with Crippen LogP contribution in [0.1, 0.15) is 10.6 Å². The number of thiophene rings is 1. The zero-order valence-electron chi connectivity index (χ0n) is 11.7. The highest BCUT2D eigenvalue weighted by atomic mass is 35.5. The molecule has 130 valence electrons. The number of aromatic nitrogens is 2. The van der Waals surface area contributed by atoms with Crippen molar-refractivity contribution >= 4 is 28.9 Å². The summed E-state index contributed by atoms with van der Waals surface area (Å²) in [6.07, 6.45) is -5.38. The van der Waals surface area contributed by atoms with Crippen LogP contribution in [-0.4, -0.2) is 22.6 Å². The van der Waals surface area contributed by atoms with E-state index >= 15 is 0 Å². The summed E-state index contributed by atoms with van der Waals surface area (Å²) in [5, 5.41) is -1.54. The number of hydrogen-bond donors (Lipinski definition) is 1. The number of halogens is 5. The minimum atomic E-state index is -4.95. The summed E-state index contributed by atoms with van der Waals surface area (Å²) in [6, 6.07) is 0.106. The Morgan fingerprint density at radius 2 is 2.04 bits per heavy atom. The van der Waals surface area contributed by atoms with Gasteiger partial charge in [0.05, 0.1) is 18.6 Å². The van der Waals surface area contributed by atoms with Gasteiger partial charge in [-0.05, 0) is 0 Å². The van der Waals surface area contributed by atoms with Gasteiger partial charge < -0.3 is 9.72 Å². The molecule has 0 unspecified atom stereocenters. The molecule has 0 aliphatic rings. The number of aromatic amines is 1. The summed E-state index contributed by atoms with van der Waals surface area (Å²) in [6.45, 7) is 0. The van der Waals surface area contributed by atoms with E-state index < -0.39 is 51.4 Å². The highest BCUT2D eigenvalue weighted by Crippen LogP contribution is 2.34. The van der Waals surface area contributed by atoms with E-state index in [1.165, 1.54) is 4.98 Å². The minimum Gasteiger partial charge on any atom is -0.469 e. The molecule has 0 atom stereocenters. The summed E-state index contributed by atoms with van der Waals surface area (Å²) in [4.78, 5) is 36.2. The Balaban J connectivity index is 2.64. The fourth-order valence-corrected chi connectivity index (χ4v) is 3.07. The number of H-pyrrole nitrogens is 1. The monoisotopic (exact) mass is 386 g/mol. The van der Waals surface area contributed by atoms with E-state index in [0.717, 1.165) is 7.11 Å². The van der Waals surface area contributed by atoms with Gasteiger partial charge in [0.15, 0.2) is 0 Å². The van der Waals surface area contributed by atoms with Gasteiger partial charge in [-0.2, -0.15) is 17.6 Å². The Bertz CT molecular complexity index is 884. The van der Waals surface area contributed by atoms with E-state index in [1.54, 1.807) is 0 Å². The molecule has 2 rings (SSSR count). The summed E-state index contributed by atoms with van der Waals surface area (Å²) < 4.78 is 56.2. The number of carbonyl (C=O) groups is 1. The minimum absolute atomic E-state index is 0.0396. The molecule has 2 aromatic rings. The van der Waals surface area contributed by atoms with Gasteiger partial charge in [-0.3, -0.25) is 9.59 Å². The highest BCUT2D eigenvalue weighted by molar-refractivity contribution is 7.11. The first-order valence-electron chi connectivity index (χ1n) is 6.03. The molecule has 0 saturated carbocycles. The molecule has 0 spiro atoms. The maximum Gasteiger partial charge on any atom is 0.431 e. The van der Waals surface area contributed by atoms with Crippen molar-refractivity contribution in [3.8, 4) is 5.69 Å². The second kappa shape index (κ2) is 6.40. The molecule has 0 aromatic carbocycles. The third-order valence-electron chi connectivity index (χ3n) is 2.85. The molecule has 0 bridgehead atoms. The third-order valence-corrected chi connectivity index (χ3v) is 4.33. The number of nitrogens with one attached hydrogen (secondary N) is 1. The molecular formula is C12H7ClF4N2O4S. The van der Waals surface area contributed by atoms with Crippen molar-refractivity contribution in [3.63, 3.8) is 0 Å². The zero-order valence-corrected chi connectivity index (χ0v) is 13.2. The van der Waals surface area contributed by atoms with Crippen LogP contribution in [0, 0.1) is 5.13 Å². The van der Waals surface area contributed by atoms with Crippen LogP contribution in [0.5, 0.6) is 0 Å². The Labute approximate surface area is 139 Å². The van der Waals surface area contributed by atoms with E-state index in [0.29, 0.717) is 11.3 Å². The molecule has 2 heterocycles. The van der Waals surface area contributed by atoms with Crippen molar-refractivity contribution in [3.05, 3.63) is 47.6 Å². The number of nitrogens with zero attached hydrogens (tertiary/aromatic N) is 1. The average molecular weight is 387 g/mol. The number of esters is 1. The number of hydrogen-bond acceptors (Lipinski definition) is 5. The van der Waals surface area contributed by atoms with Gasteiger partial charge in [-0.15, -0.1) is 11.3 Å². The molecule has 1 N–H and O–H groups in total. The largest absolute Gasteiger partial charge is 0.469 e. The van der Waals surface area contributed by atoms with E-state index in [4.69, 9.17) is 11.6 Å². The molecular weight excluding hydrogens is 380 g/mol. The molecule has 0 amide bonds. The van der Waals surface area contributed by atoms with Crippen LogP contribution in [0.2, 0.25) is 5.02 Å². The number of carbonyl (C=O) groups excluding carboxylic acids is 1. The van der Waals surface area contributed by atoms with Crippen LogP contribution in [0.25, 0.3) is 5.69 Å². The number of rotatable bonds is 3. The van der Waals surface area contributed by atoms with Gasteiger partial charge in [-0.1, -0.05) is 11.6 Å². The zero-order chi connectivity index (χ0) is 18.2. The molecule has 6 nitrogen and oxygen atoms in total. The van der Waals surface area contributed by atoms with Crippen LogP contribution in [-0.2, 0) is 22.1 Å². The first-order valence-corrected chi connectivity index (χ1v) is 7.23. The highest BCUT2D eigenvalue weighted by Gasteiger charge is 2.33. The van der Waals surface area contributed by atoms with Crippen molar-refractivity contribution < 1.29 is 27.1 Å². The maximum atomic E-state index is 14.1. The van der Waals surface area contributed by atoms with Crippen molar-refractivity contribution in [2.75, 3.05) is 7.11 Å². The fourth-order valence-electron chi connectivity index (χ4n) is 1.78. The lowest BCUT2D eigenvalue weighted by Gasteiger charge is -2.08. The lowest BCUT2D eigenvalue weighted by atomic mass is 10.3. The first-order chi connectivity index (χ1) is 11.1. The Kier molecular flexibility index (Phi) is 4.85. The molecule has 0 saturated heterocycles. The summed E-state index contributed by atoms with van der Waals surface area (Å²) >= 11 is 6.24. The SMILES string of the molecule is COC(=O)Cc1sc(F)c(-n2c(=O)cc(C(F)(F)F)[nH]c2=O)c1Cl. The van der Waals surface area contributed by atoms with Crippen molar-refractivity contribution in [1.29, 1.82) is 0 Å². The Hall–Kier alpha value is -2.14. The van der Waals surface area contributed by atoms with Gasteiger partial charge >= 0.3 is 17.8 Å². The van der Waals surface area contributed by atoms with Crippen LogP contribution < -0.4 is 11.2 Å². The van der Waals surface area contributed by atoms with E-state index in [-0.39, 0.29) is 15.5 Å². The van der Waals surface area contributed by atoms with E-state index in [2.05, 4.69) is 4.74 Å². The van der Waals surface area contributed by atoms with Crippen LogP contribution in [0.15, 0.2) is 15.7 Å². The predicted molar refractivity (Wildman–Crippen MR) is 76.2 cm³/mol. The van der Waals surface area contributed by atoms with Gasteiger partial charge in [0.2, 0.25) is 5.13 Å². The summed E-state index contributed by atoms with van der Waals surface area (Å²) in [7, 11) is 1.09. The van der Waals surface area contributed by atoms with Crippen molar-refractivity contribution in [1.82, 2.24) is 9.55 Å². The number of methoxy groups -OCH3 is 1. The molecule has 12 heteroatoms. The third kappa shape index (κ3) is 3.36. The Morgan fingerprint density at radius 1 is 1.42 bits per heavy atom. The van der Waals surface area contributed by atoms with Crippen molar-refractivity contribution in [2.45, 2.75) is 12.6 Å². The van der Waals surface area contributed by atoms with Crippen molar-refractivity contribution in [2.24, 2.45) is 0 Å². The first kappa shape index (κ1) is 18.2. The summed E-state index contributed by atoms with van der Waals surface area (Å²) in [5.41, 5.74) is -5.23. The Morgan fingerprint density at radius 3 is 2.54 bits per heavy atom. The number of ether oxygens (including phenoxy) is 1. The smallest absolute Gasteiger partial charge is 0.431 e. The predicted octanol–water partition coefficient (Wildman–Crippen LogP) is 2.11. The maximum absolute atomic E-state index is 14.1. The topological polar surface area (TPSA) is 81.2 Å². The number of alkyl halides is 3. The van der Waals surface area contributed by atoms with Crippen LogP contribution >= 0.6 is 22.9 Å². The molecule has 24 heavy (non-hydrogen) atoms. The average Bonchev–Trinajstić information content (AvgIpc) is 2.73. The second-order valence-electron chi connectivity index (χ2n) is 4.37. The normalized spacial score (nSPS) is 11.6. The van der Waals surface area contributed by atoms with E-state index in [9.17, 15) is 31.9 Å². The van der Waals surface area contributed by atoms with Crippen LogP contribution in [0.4, 0.5) is 17.6 Å². The molecule has 0 radical (unpaired) electrons.